The van der Waals surface area contributed by atoms with Crippen molar-refractivity contribution in [3.05, 3.63) is 58.6 Å². The number of nitrogens with zero attached hydrogens (tertiary/aromatic N) is 1. The second-order valence-corrected chi connectivity index (χ2v) is 5.67. The maximum atomic E-state index is 12.5. The average Bonchev–Trinajstić information content (AvgIpc) is 3.14. The molecule has 7 heteroatoms. The van der Waals surface area contributed by atoms with E-state index in [9.17, 15) is 9.59 Å². The van der Waals surface area contributed by atoms with Crippen LogP contribution < -0.4 is 19.9 Å². The summed E-state index contributed by atoms with van der Waals surface area (Å²) in [6, 6.07) is 11.9. The monoisotopic (exact) mass is 342 g/mol. The molecule has 1 fully saturated rings. The minimum Gasteiger partial charge on any atom is -0.454 e. The smallest absolute Gasteiger partial charge is 0.282 e. The molecule has 2 aliphatic heterocycles. The zero-order valence-electron chi connectivity index (χ0n) is 12.3. The zero-order valence-corrected chi connectivity index (χ0v) is 13.0. The van der Waals surface area contributed by atoms with Crippen LogP contribution in [0.4, 0.5) is 5.69 Å². The Kier molecular flexibility index (Phi) is 3.39. The van der Waals surface area contributed by atoms with E-state index in [0.29, 0.717) is 27.8 Å². The Morgan fingerprint density at radius 3 is 2.75 bits per heavy atom. The molecule has 0 atom stereocenters. The number of halogens is 1. The Labute approximate surface area is 142 Å². The van der Waals surface area contributed by atoms with Crippen LogP contribution in [0.3, 0.4) is 0 Å². The highest BCUT2D eigenvalue weighted by molar-refractivity contribution is 6.33. The van der Waals surface area contributed by atoms with Gasteiger partial charge in [-0.25, -0.2) is 5.01 Å². The summed E-state index contributed by atoms with van der Waals surface area (Å²) in [5, 5.41) is 1.65. The van der Waals surface area contributed by atoms with Gasteiger partial charge in [0, 0.05) is 5.02 Å². The fourth-order valence-electron chi connectivity index (χ4n) is 2.52. The number of hydrazine groups is 1. The summed E-state index contributed by atoms with van der Waals surface area (Å²) in [6.45, 7) is 0.164. The van der Waals surface area contributed by atoms with Gasteiger partial charge in [-0.1, -0.05) is 23.7 Å². The third-order valence-corrected chi connectivity index (χ3v) is 3.90. The quantitative estimate of drug-likeness (QED) is 0.672. The second kappa shape index (κ2) is 5.58. The highest BCUT2D eigenvalue weighted by Crippen LogP contribution is 2.33. The Bertz CT molecular complexity index is 894. The van der Waals surface area contributed by atoms with Crippen molar-refractivity contribution in [2.24, 2.45) is 0 Å². The van der Waals surface area contributed by atoms with Gasteiger partial charge in [0.1, 0.15) is 5.57 Å². The van der Waals surface area contributed by atoms with Crippen LogP contribution in [-0.4, -0.2) is 18.6 Å². The van der Waals surface area contributed by atoms with E-state index in [1.54, 1.807) is 42.5 Å². The number of nitrogens with one attached hydrogen (secondary N) is 1. The summed E-state index contributed by atoms with van der Waals surface area (Å²) in [6.07, 6.45) is 1.52. The molecular weight excluding hydrogens is 332 g/mol. The third-order valence-electron chi connectivity index (χ3n) is 3.67. The van der Waals surface area contributed by atoms with Crippen LogP contribution in [0.1, 0.15) is 5.56 Å². The maximum absolute atomic E-state index is 12.5. The molecule has 0 aromatic heterocycles. The molecule has 0 bridgehead atoms. The molecule has 120 valence electrons. The van der Waals surface area contributed by atoms with Crippen LogP contribution in [0.25, 0.3) is 6.08 Å². The number of hydrogen-bond acceptors (Lipinski definition) is 4. The van der Waals surface area contributed by atoms with Crippen molar-refractivity contribution in [1.29, 1.82) is 0 Å². The zero-order chi connectivity index (χ0) is 16.7. The van der Waals surface area contributed by atoms with Gasteiger partial charge in [-0.2, -0.15) is 0 Å². The molecule has 2 aromatic rings. The van der Waals surface area contributed by atoms with Crippen LogP contribution in [0, 0.1) is 0 Å². The molecule has 24 heavy (non-hydrogen) atoms. The fraction of sp³-hybridized carbons (Fsp3) is 0.0588. The van der Waals surface area contributed by atoms with Crippen LogP contribution in [0.15, 0.2) is 48.0 Å². The van der Waals surface area contributed by atoms with Gasteiger partial charge in [-0.15, -0.1) is 0 Å². The number of amides is 2. The number of anilines is 1. The average molecular weight is 343 g/mol. The predicted octanol–water partition coefficient (Wildman–Crippen LogP) is 2.53. The van der Waals surface area contributed by atoms with E-state index < -0.39 is 11.8 Å². The first kappa shape index (κ1) is 14.6. The van der Waals surface area contributed by atoms with Crippen LogP contribution >= 0.6 is 11.6 Å². The van der Waals surface area contributed by atoms with Crippen molar-refractivity contribution >= 4 is 35.2 Å². The van der Waals surface area contributed by atoms with E-state index in [4.69, 9.17) is 21.1 Å². The molecule has 6 nitrogen and oxygen atoms in total. The van der Waals surface area contributed by atoms with E-state index in [0.717, 1.165) is 0 Å². The van der Waals surface area contributed by atoms with Crippen molar-refractivity contribution < 1.29 is 19.1 Å². The van der Waals surface area contributed by atoms with Gasteiger partial charge >= 0.3 is 0 Å². The molecule has 0 aliphatic carbocycles. The molecule has 0 unspecified atom stereocenters. The van der Waals surface area contributed by atoms with Crippen molar-refractivity contribution in [3.63, 3.8) is 0 Å². The molecule has 0 saturated carbocycles. The van der Waals surface area contributed by atoms with E-state index >= 15 is 0 Å². The molecule has 2 aliphatic rings. The number of ether oxygens (including phenoxy) is 2. The first-order valence-corrected chi connectivity index (χ1v) is 7.52. The molecule has 0 radical (unpaired) electrons. The van der Waals surface area contributed by atoms with Crippen LogP contribution in [0.5, 0.6) is 11.5 Å². The summed E-state index contributed by atoms with van der Waals surface area (Å²) in [5.41, 5.74) is 3.74. The number of hydrogen-bond donors (Lipinski definition) is 1. The Morgan fingerprint density at radius 2 is 1.92 bits per heavy atom. The van der Waals surface area contributed by atoms with Crippen LogP contribution in [-0.2, 0) is 9.59 Å². The number of fused-ring (bicyclic) bond motifs is 1. The molecule has 4 rings (SSSR count). The maximum Gasteiger partial charge on any atom is 0.282 e. The number of rotatable bonds is 2. The van der Waals surface area contributed by atoms with Gasteiger partial charge in [0.2, 0.25) is 6.79 Å². The first-order valence-electron chi connectivity index (χ1n) is 7.14. The second-order valence-electron chi connectivity index (χ2n) is 5.23. The normalized spacial score (nSPS) is 17.5. The summed E-state index contributed by atoms with van der Waals surface area (Å²) in [7, 11) is 0. The van der Waals surface area contributed by atoms with Crippen molar-refractivity contribution in [3.8, 4) is 11.5 Å². The lowest BCUT2D eigenvalue weighted by atomic mass is 10.1. The van der Waals surface area contributed by atoms with Gasteiger partial charge in [0.25, 0.3) is 11.8 Å². The fourth-order valence-corrected chi connectivity index (χ4v) is 2.71. The number of benzene rings is 2. The highest BCUT2D eigenvalue weighted by atomic mass is 35.5. The molecule has 1 N–H and O–H groups in total. The number of carbonyl (C=O) groups excluding carboxylic acids is 2. The molecule has 0 spiro atoms. The van der Waals surface area contributed by atoms with Gasteiger partial charge in [0.05, 0.1) is 5.69 Å². The van der Waals surface area contributed by atoms with E-state index in [-0.39, 0.29) is 12.4 Å². The Balaban J connectivity index is 1.66. The molecule has 2 amide bonds. The molecule has 2 heterocycles. The van der Waals surface area contributed by atoms with Gasteiger partial charge in [0.15, 0.2) is 11.5 Å². The lowest BCUT2D eigenvalue weighted by Crippen LogP contribution is -2.35. The Morgan fingerprint density at radius 1 is 1.08 bits per heavy atom. The number of carbonyl (C=O) groups is 2. The molecular formula is C17H11ClN2O4. The van der Waals surface area contributed by atoms with E-state index in [1.165, 1.54) is 11.1 Å². The lowest BCUT2D eigenvalue weighted by molar-refractivity contribution is -0.117. The SMILES string of the molecule is O=C1NN(c2cccc(Cl)c2)C(=O)/C1=C\c1ccc2c(c1)OCO2. The summed E-state index contributed by atoms with van der Waals surface area (Å²) in [4.78, 5) is 24.7. The predicted molar refractivity (Wildman–Crippen MR) is 87.6 cm³/mol. The largest absolute Gasteiger partial charge is 0.454 e. The summed E-state index contributed by atoms with van der Waals surface area (Å²) in [5.74, 6) is 0.305. The topological polar surface area (TPSA) is 67.9 Å². The van der Waals surface area contributed by atoms with E-state index in [1.807, 2.05) is 0 Å². The van der Waals surface area contributed by atoms with Crippen molar-refractivity contribution in [2.45, 2.75) is 0 Å². The van der Waals surface area contributed by atoms with Crippen LogP contribution in [0.2, 0.25) is 5.02 Å². The summed E-state index contributed by atoms with van der Waals surface area (Å²) >= 11 is 5.94. The van der Waals surface area contributed by atoms with E-state index in [2.05, 4.69) is 5.43 Å². The van der Waals surface area contributed by atoms with Crippen molar-refractivity contribution in [2.75, 3.05) is 11.8 Å². The van der Waals surface area contributed by atoms with Crippen molar-refractivity contribution in [1.82, 2.24) is 5.43 Å². The molecule has 1 saturated heterocycles. The highest BCUT2D eigenvalue weighted by Gasteiger charge is 2.34. The standard InChI is InChI=1S/C17H11ClN2O4/c18-11-2-1-3-12(8-11)20-17(22)13(16(21)19-20)6-10-4-5-14-15(7-10)24-9-23-14/h1-8H,9H2,(H,19,21)/b13-6-. The van der Waals surface area contributed by atoms with Gasteiger partial charge < -0.3 is 9.47 Å². The lowest BCUT2D eigenvalue weighted by Gasteiger charge is -2.14. The first-order chi connectivity index (χ1) is 11.6. The van der Waals surface area contributed by atoms with Gasteiger partial charge in [-0.05, 0) is 42.0 Å². The van der Waals surface area contributed by atoms with Gasteiger partial charge in [-0.3, -0.25) is 15.0 Å². The molecule has 2 aromatic carbocycles. The Hall–Kier alpha value is -2.99. The minimum absolute atomic E-state index is 0.0360. The minimum atomic E-state index is -0.474. The third kappa shape index (κ3) is 2.47. The summed E-state index contributed by atoms with van der Waals surface area (Å²) < 4.78 is 10.5.